The van der Waals surface area contributed by atoms with E-state index in [1.54, 1.807) is 0 Å². The van der Waals surface area contributed by atoms with Gasteiger partial charge in [-0.25, -0.2) is 8.78 Å². The van der Waals surface area contributed by atoms with Crippen LogP contribution in [-0.2, 0) is 0 Å². The predicted molar refractivity (Wildman–Crippen MR) is 72.5 cm³/mol. The van der Waals surface area contributed by atoms with E-state index in [1.165, 1.54) is 18.3 Å². The number of halogens is 2. The van der Waals surface area contributed by atoms with Gasteiger partial charge in [0.1, 0.15) is 18.2 Å². The molecule has 0 atom stereocenters. The van der Waals surface area contributed by atoms with Gasteiger partial charge in [-0.2, -0.15) is 0 Å². The lowest BCUT2D eigenvalue weighted by atomic mass is 10.2. The van der Waals surface area contributed by atoms with Gasteiger partial charge in [0.25, 0.3) is 5.91 Å². The molecule has 0 aliphatic heterocycles. The van der Waals surface area contributed by atoms with E-state index in [4.69, 9.17) is 5.11 Å². The van der Waals surface area contributed by atoms with Gasteiger partial charge in [-0.15, -0.1) is 0 Å². The SMILES string of the molecule is O=C(Nc1ccc(C#CCO)c(F)c1)c1cncc(F)c1. The molecular formula is C15H10F2N2O2. The van der Waals surface area contributed by atoms with Gasteiger partial charge in [0.05, 0.1) is 17.3 Å². The maximum absolute atomic E-state index is 13.7. The van der Waals surface area contributed by atoms with Crippen LogP contribution in [0, 0.1) is 23.5 Å². The van der Waals surface area contributed by atoms with Crippen LogP contribution in [0.15, 0.2) is 36.7 Å². The quantitative estimate of drug-likeness (QED) is 0.830. The minimum absolute atomic E-state index is 0.0274. The van der Waals surface area contributed by atoms with Crippen molar-refractivity contribution in [3.05, 3.63) is 59.4 Å². The van der Waals surface area contributed by atoms with Crippen LogP contribution in [0.5, 0.6) is 0 Å². The van der Waals surface area contributed by atoms with Crippen molar-refractivity contribution in [1.29, 1.82) is 0 Å². The standard InChI is InChI=1S/C15H10F2N2O2/c16-12-6-11(8-18-9-12)15(21)19-13-4-3-10(2-1-5-20)14(17)7-13/h3-4,6-9,20H,5H2,(H,19,21). The summed E-state index contributed by atoms with van der Waals surface area (Å²) in [7, 11) is 0. The second kappa shape index (κ2) is 6.59. The Bertz CT molecular complexity index is 736. The van der Waals surface area contributed by atoms with Crippen molar-refractivity contribution < 1.29 is 18.7 Å². The third kappa shape index (κ3) is 3.84. The highest BCUT2D eigenvalue weighted by atomic mass is 19.1. The molecular weight excluding hydrogens is 278 g/mol. The van der Waals surface area contributed by atoms with Crippen molar-refractivity contribution in [2.75, 3.05) is 11.9 Å². The first-order valence-corrected chi connectivity index (χ1v) is 5.91. The van der Waals surface area contributed by atoms with E-state index < -0.39 is 17.5 Å². The highest BCUT2D eigenvalue weighted by Gasteiger charge is 2.09. The minimum atomic E-state index is -0.636. The lowest BCUT2D eigenvalue weighted by molar-refractivity contribution is 0.102. The van der Waals surface area contributed by atoms with Gasteiger partial charge in [0.2, 0.25) is 0 Å². The number of hydrogen-bond acceptors (Lipinski definition) is 3. The number of carbonyl (C=O) groups is 1. The first-order valence-electron chi connectivity index (χ1n) is 5.91. The van der Waals surface area contributed by atoms with Crippen molar-refractivity contribution >= 4 is 11.6 Å². The molecule has 4 nitrogen and oxygen atoms in total. The average molecular weight is 288 g/mol. The number of anilines is 1. The fourth-order valence-electron chi connectivity index (χ4n) is 1.57. The van der Waals surface area contributed by atoms with Crippen LogP contribution in [0.1, 0.15) is 15.9 Å². The van der Waals surface area contributed by atoms with Gasteiger partial charge in [0.15, 0.2) is 0 Å². The van der Waals surface area contributed by atoms with Crippen LogP contribution in [-0.4, -0.2) is 22.6 Å². The van der Waals surface area contributed by atoms with Crippen molar-refractivity contribution in [2.45, 2.75) is 0 Å². The number of nitrogens with one attached hydrogen (secondary N) is 1. The summed E-state index contributed by atoms with van der Waals surface area (Å²) in [6.07, 6.45) is 2.18. The molecule has 0 spiro atoms. The number of pyridine rings is 1. The molecule has 1 amide bonds. The third-order valence-electron chi connectivity index (χ3n) is 2.50. The number of aliphatic hydroxyl groups excluding tert-OH is 1. The van der Waals surface area contributed by atoms with Gasteiger partial charge >= 0.3 is 0 Å². The lowest BCUT2D eigenvalue weighted by Gasteiger charge is -2.06. The van der Waals surface area contributed by atoms with Crippen molar-refractivity contribution in [2.24, 2.45) is 0 Å². The van der Waals surface area contributed by atoms with E-state index in [9.17, 15) is 13.6 Å². The number of benzene rings is 1. The maximum Gasteiger partial charge on any atom is 0.257 e. The molecule has 0 saturated carbocycles. The monoisotopic (exact) mass is 288 g/mol. The number of carbonyl (C=O) groups excluding carboxylic acids is 1. The highest BCUT2D eigenvalue weighted by molar-refractivity contribution is 6.04. The van der Waals surface area contributed by atoms with E-state index in [0.717, 1.165) is 18.3 Å². The molecule has 106 valence electrons. The molecule has 1 aromatic carbocycles. The van der Waals surface area contributed by atoms with E-state index in [1.807, 2.05) is 0 Å². The summed E-state index contributed by atoms with van der Waals surface area (Å²) in [6.45, 7) is -0.371. The Hall–Kier alpha value is -2.78. The fraction of sp³-hybridized carbons (Fsp3) is 0.0667. The molecule has 1 aromatic heterocycles. The average Bonchev–Trinajstić information content (AvgIpc) is 2.46. The Morgan fingerprint density at radius 1 is 1.29 bits per heavy atom. The van der Waals surface area contributed by atoms with Crippen molar-refractivity contribution in [1.82, 2.24) is 4.98 Å². The molecule has 0 unspecified atom stereocenters. The Kier molecular flexibility index (Phi) is 4.59. The molecule has 0 aliphatic rings. The number of hydrogen-bond donors (Lipinski definition) is 2. The molecule has 2 rings (SSSR count). The van der Waals surface area contributed by atoms with E-state index in [-0.39, 0.29) is 23.4 Å². The normalized spacial score (nSPS) is 9.67. The predicted octanol–water partition coefficient (Wildman–Crippen LogP) is 1.96. The second-order valence-corrected chi connectivity index (χ2v) is 4.00. The Balaban J connectivity index is 2.17. The van der Waals surface area contributed by atoms with E-state index >= 15 is 0 Å². The zero-order valence-electron chi connectivity index (χ0n) is 10.7. The molecule has 0 radical (unpaired) electrons. The van der Waals surface area contributed by atoms with E-state index in [2.05, 4.69) is 22.1 Å². The van der Waals surface area contributed by atoms with Crippen LogP contribution in [0.2, 0.25) is 0 Å². The zero-order chi connectivity index (χ0) is 15.2. The van der Waals surface area contributed by atoms with Crippen molar-refractivity contribution in [3.8, 4) is 11.8 Å². The van der Waals surface area contributed by atoms with E-state index in [0.29, 0.717) is 0 Å². The van der Waals surface area contributed by atoms with Gasteiger partial charge in [-0.3, -0.25) is 9.78 Å². The Labute approximate surface area is 119 Å². The first kappa shape index (κ1) is 14.6. The summed E-state index contributed by atoms with van der Waals surface area (Å²) >= 11 is 0. The highest BCUT2D eigenvalue weighted by Crippen LogP contribution is 2.15. The summed E-state index contributed by atoms with van der Waals surface area (Å²) in [5.41, 5.74) is 0.338. The molecule has 0 bridgehead atoms. The van der Waals surface area contributed by atoms with Crippen LogP contribution in [0.4, 0.5) is 14.5 Å². The molecule has 1 heterocycles. The number of nitrogens with zero attached hydrogens (tertiary/aromatic N) is 1. The van der Waals surface area contributed by atoms with Gasteiger partial charge in [0, 0.05) is 11.9 Å². The zero-order valence-corrected chi connectivity index (χ0v) is 10.7. The van der Waals surface area contributed by atoms with Crippen LogP contribution in [0.3, 0.4) is 0 Å². The first-order chi connectivity index (χ1) is 10.1. The number of rotatable bonds is 2. The smallest absolute Gasteiger partial charge is 0.257 e. The minimum Gasteiger partial charge on any atom is -0.384 e. The maximum atomic E-state index is 13.7. The van der Waals surface area contributed by atoms with Crippen LogP contribution < -0.4 is 5.32 Å². The number of aliphatic hydroxyl groups is 1. The largest absolute Gasteiger partial charge is 0.384 e. The Morgan fingerprint density at radius 3 is 2.76 bits per heavy atom. The van der Waals surface area contributed by atoms with Gasteiger partial charge < -0.3 is 10.4 Å². The summed E-state index contributed by atoms with van der Waals surface area (Å²) in [5.74, 6) is 2.89. The lowest BCUT2D eigenvalue weighted by Crippen LogP contribution is -2.12. The fourth-order valence-corrected chi connectivity index (χ4v) is 1.57. The number of amides is 1. The van der Waals surface area contributed by atoms with Crippen LogP contribution in [0.25, 0.3) is 0 Å². The molecule has 6 heteroatoms. The molecule has 21 heavy (non-hydrogen) atoms. The molecule has 0 fully saturated rings. The summed E-state index contributed by atoms with van der Waals surface area (Å²) in [5, 5.41) is 11.0. The Morgan fingerprint density at radius 2 is 2.10 bits per heavy atom. The summed E-state index contributed by atoms with van der Waals surface area (Å²) < 4.78 is 26.6. The van der Waals surface area contributed by atoms with Crippen LogP contribution >= 0.6 is 0 Å². The number of aromatic nitrogens is 1. The van der Waals surface area contributed by atoms with Gasteiger partial charge in [-0.1, -0.05) is 11.8 Å². The third-order valence-corrected chi connectivity index (χ3v) is 2.50. The summed E-state index contributed by atoms with van der Waals surface area (Å²) in [6, 6.07) is 4.94. The topological polar surface area (TPSA) is 62.2 Å². The second-order valence-electron chi connectivity index (χ2n) is 4.00. The molecule has 0 saturated heterocycles. The molecule has 2 N–H and O–H groups in total. The molecule has 0 aliphatic carbocycles. The summed E-state index contributed by atoms with van der Waals surface area (Å²) in [4.78, 5) is 15.4. The van der Waals surface area contributed by atoms with Gasteiger partial charge in [-0.05, 0) is 24.3 Å². The van der Waals surface area contributed by atoms with Crippen molar-refractivity contribution in [3.63, 3.8) is 0 Å². The molecule has 2 aromatic rings.